The van der Waals surface area contributed by atoms with Crippen LogP contribution in [0.4, 0.5) is 5.82 Å². The van der Waals surface area contributed by atoms with E-state index in [-0.39, 0.29) is 5.41 Å². The molecule has 0 aliphatic carbocycles. The van der Waals surface area contributed by atoms with Gasteiger partial charge in [0.05, 0.1) is 0 Å². The third kappa shape index (κ3) is 2.54. The molecule has 3 N–H and O–H groups in total. The molecule has 0 saturated carbocycles. The number of aryl methyl sites for hydroxylation is 1. The normalized spacial score (nSPS) is 11.6. The summed E-state index contributed by atoms with van der Waals surface area (Å²) in [6.07, 6.45) is 0. The Labute approximate surface area is 112 Å². The van der Waals surface area contributed by atoms with Crippen molar-refractivity contribution < 1.29 is 0 Å². The van der Waals surface area contributed by atoms with Crippen LogP contribution in [0.25, 0.3) is 10.6 Å². The number of hydrazine groups is 1. The summed E-state index contributed by atoms with van der Waals surface area (Å²) in [5.74, 6) is 6.07. The van der Waals surface area contributed by atoms with Crippen molar-refractivity contribution in [2.75, 3.05) is 5.43 Å². The van der Waals surface area contributed by atoms with Gasteiger partial charge < -0.3 is 5.43 Å². The number of hydrogen-bond donors (Lipinski definition) is 2. The Morgan fingerprint density at radius 3 is 2.50 bits per heavy atom. The molecule has 0 aliphatic rings. The second-order valence-corrected chi connectivity index (χ2v) is 6.32. The molecule has 0 spiro atoms. The fourth-order valence-electron chi connectivity index (χ4n) is 1.83. The lowest BCUT2D eigenvalue weighted by Crippen LogP contribution is -2.11. The molecule has 18 heavy (non-hydrogen) atoms. The summed E-state index contributed by atoms with van der Waals surface area (Å²) in [5.41, 5.74) is 6.52. The van der Waals surface area contributed by atoms with Crippen LogP contribution >= 0.6 is 11.3 Å². The van der Waals surface area contributed by atoms with E-state index in [1.807, 2.05) is 5.38 Å². The monoisotopic (exact) mass is 261 g/mol. The summed E-state index contributed by atoms with van der Waals surface area (Å²) >= 11 is 1.60. The lowest BCUT2D eigenvalue weighted by Gasteiger charge is -2.20. The second-order valence-electron chi connectivity index (χ2n) is 5.46. The highest BCUT2D eigenvalue weighted by Crippen LogP contribution is 2.31. The predicted molar refractivity (Wildman–Crippen MR) is 78.8 cm³/mol. The first-order valence-electron chi connectivity index (χ1n) is 5.95. The van der Waals surface area contributed by atoms with Gasteiger partial charge in [0.1, 0.15) is 5.01 Å². The first kappa shape index (κ1) is 13.1. The summed E-state index contributed by atoms with van der Waals surface area (Å²) in [4.78, 5) is 4.43. The Morgan fingerprint density at radius 2 is 2.00 bits per heavy atom. The molecule has 2 aromatic rings. The molecular weight excluding hydrogens is 242 g/mol. The average Bonchev–Trinajstić information content (AvgIpc) is 2.76. The highest BCUT2D eigenvalue weighted by molar-refractivity contribution is 7.13. The molecule has 0 saturated heterocycles. The van der Waals surface area contributed by atoms with Gasteiger partial charge in [0.25, 0.3) is 0 Å². The minimum absolute atomic E-state index is 0.177. The highest BCUT2D eigenvalue weighted by atomic mass is 32.1. The molecule has 1 aromatic carbocycles. The molecule has 0 aliphatic heterocycles. The van der Waals surface area contributed by atoms with Gasteiger partial charge in [0.2, 0.25) is 0 Å². The lowest BCUT2D eigenvalue weighted by atomic mass is 9.85. The molecule has 0 atom stereocenters. The number of rotatable bonds is 2. The molecule has 2 rings (SSSR count). The number of hydrogen-bond acceptors (Lipinski definition) is 4. The van der Waals surface area contributed by atoms with Crippen LogP contribution in [0, 0.1) is 6.92 Å². The molecule has 0 bridgehead atoms. The van der Waals surface area contributed by atoms with Gasteiger partial charge >= 0.3 is 0 Å². The Balaban J connectivity index is 2.41. The van der Waals surface area contributed by atoms with Crippen molar-refractivity contribution in [3.05, 3.63) is 34.7 Å². The predicted octanol–water partition coefficient (Wildman–Crippen LogP) is 3.70. The molecule has 0 amide bonds. The molecule has 0 unspecified atom stereocenters. The van der Waals surface area contributed by atoms with Crippen molar-refractivity contribution in [1.82, 2.24) is 4.98 Å². The van der Waals surface area contributed by atoms with E-state index in [1.165, 1.54) is 16.7 Å². The molecule has 96 valence electrons. The average molecular weight is 261 g/mol. The van der Waals surface area contributed by atoms with E-state index in [0.717, 1.165) is 5.01 Å². The Kier molecular flexibility index (Phi) is 3.41. The van der Waals surface area contributed by atoms with Crippen LogP contribution in [0.5, 0.6) is 0 Å². The van der Waals surface area contributed by atoms with Gasteiger partial charge in [-0.1, -0.05) is 39.0 Å². The van der Waals surface area contributed by atoms with Crippen molar-refractivity contribution in [3.63, 3.8) is 0 Å². The number of anilines is 1. The van der Waals surface area contributed by atoms with Crippen LogP contribution in [0.2, 0.25) is 0 Å². The third-order valence-electron chi connectivity index (χ3n) is 2.97. The molecule has 1 aromatic heterocycles. The zero-order valence-corrected chi connectivity index (χ0v) is 12.1. The van der Waals surface area contributed by atoms with E-state index in [4.69, 9.17) is 5.84 Å². The maximum Gasteiger partial charge on any atom is 0.151 e. The van der Waals surface area contributed by atoms with Gasteiger partial charge in [-0.05, 0) is 23.5 Å². The Bertz CT molecular complexity index is 552. The van der Waals surface area contributed by atoms with Crippen LogP contribution < -0.4 is 11.3 Å². The van der Waals surface area contributed by atoms with Gasteiger partial charge in [-0.25, -0.2) is 10.8 Å². The van der Waals surface area contributed by atoms with E-state index in [0.29, 0.717) is 5.82 Å². The van der Waals surface area contributed by atoms with Crippen molar-refractivity contribution in [1.29, 1.82) is 0 Å². The summed E-state index contributed by atoms with van der Waals surface area (Å²) in [5, 5.41) is 2.92. The van der Waals surface area contributed by atoms with Crippen LogP contribution in [0.1, 0.15) is 31.9 Å². The Morgan fingerprint density at radius 1 is 1.28 bits per heavy atom. The van der Waals surface area contributed by atoms with Crippen molar-refractivity contribution in [2.45, 2.75) is 33.1 Å². The van der Waals surface area contributed by atoms with Crippen LogP contribution in [-0.4, -0.2) is 4.98 Å². The largest absolute Gasteiger partial charge is 0.308 e. The van der Waals surface area contributed by atoms with Crippen LogP contribution in [-0.2, 0) is 5.41 Å². The quantitative estimate of drug-likeness (QED) is 0.640. The lowest BCUT2D eigenvalue weighted by molar-refractivity contribution is 0.590. The van der Waals surface area contributed by atoms with E-state index in [1.54, 1.807) is 11.3 Å². The van der Waals surface area contributed by atoms with E-state index < -0.39 is 0 Å². The zero-order valence-electron chi connectivity index (χ0n) is 11.2. The molecule has 0 fully saturated rings. The first-order valence-corrected chi connectivity index (χ1v) is 6.83. The minimum atomic E-state index is 0.177. The third-order valence-corrected chi connectivity index (χ3v) is 3.85. The number of nitrogen functional groups attached to an aromatic ring is 1. The first-order chi connectivity index (χ1) is 8.41. The number of nitrogens with zero attached hydrogens (tertiary/aromatic N) is 1. The van der Waals surface area contributed by atoms with E-state index in [9.17, 15) is 0 Å². The van der Waals surface area contributed by atoms with Gasteiger partial charge in [-0.15, -0.1) is 11.3 Å². The van der Waals surface area contributed by atoms with Gasteiger partial charge in [-0.2, -0.15) is 0 Å². The number of nitrogens with two attached hydrogens (primary N) is 1. The standard InChI is InChI=1S/C14H19N3S/c1-9-7-10(14(2,3)4)5-6-11(9)13-16-12(17-15)8-18-13/h5-8,17H,15H2,1-4H3. The van der Waals surface area contributed by atoms with E-state index >= 15 is 0 Å². The maximum atomic E-state index is 5.35. The maximum absolute atomic E-state index is 5.35. The number of aromatic nitrogens is 1. The smallest absolute Gasteiger partial charge is 0.151 e. The number of thiazole rings is 1. The fourth-order valence-corrected chi connectivity index (χ4v) is 2.68. The van der Waals surface area contributed by atoms with Gasteiger partial charge in [-0.3, -0.25) is 0 Å². The number of nitrogens with one attached hydrogen (secondary N) is 1. The second kappa shape index (κ2) is 4.71. The van der Waals surface area contributed by atoms with Crippen molar-refractivity contribution in [3.8, 4) is 10.6 Å². The van der Waals surface area contributed by atoms with Crippen LogP contribution in [0.3, 0.4) is 0 Å². The SMILES string of the molecule is Cc1cc(C(C)(C)C)ccc1-c1nc(NN)cs1. The highest BCUT2D eigenvalue weighted by Gasteiger charge is 2.15. The molecule has 1 heterocycles. The molecule has 3 nitrogen and oxygen atoms in total. The summed E-state index contributed by atoms with van der Waals surface area (Å²) in [6.45, 7) is 8.80. The summed E-state index contributed by atoms with van der Waals surface area (Å²) in [7, 11) is 0. The molecule has 4 heteroatoms. The van der Waals surface area contributed by atoms with E-state index in [2.05, 4.69) is 56.3 Å². The van der Waals surface area contributed by atoms with Gasteiger partial charge in [0.15, 0.2) is 5.82 Å². The van der Waals surface area contributed by atoms with Crippen molar-refractivity contribution >= 4 is 17.2 Å². The minimum Gasteiger partial charge on any atom is -0.308 e. The molecule has 0 radical (unpaired) electrons. The summed E-state index contributed by atoms with van der Waals surface area (Å²) < 4.78 is 0. The summed E-state index contributed by atoms with van der Waals surface area (Å²) in [6, 6.07) is 6.57. The zero-order chi connectivity index (χ0) is 13.3. The van der Waals surface area contributed by atoms with Gasteiger partial charge in [0, 0.05) is 10.9 Å². The topological polar surface area (TPSA) is 50.9 Å². The fraction of sp³-hybridized carbons (Fsp3) is 0.357. The number of benzene rings is 1. The van der Waals surface area contributed by atoms with Crippen LogP contribution in [0.15, 0.2) is 23.6 Å². The van der Waals surface area contributed by atoms with Crippen molar-refractivity contribution in [2.24, 2.45) is 5.84 Å². The molecular formula is C14H19N3S. The Hall–Kier alpha value is -1.39.